The Hall–Kier alpha value is -2.33. The van der Waals surface area contributed by atoms with E-state index < -0.39 is 0 Å². The highest BCUT2D eigenvalue weighted by atomic mass is 16.1. The maximum absolute atomic E-state index is 10.2. The Labute approximate surface area is 121 Å². The first-order valence-corrected chi connectivity index (χ1v) is 6.85. The van der Waals surface area contributed by atoms with E-state index in [1.165, 1.54) is 5.56 Å². The highest BCUT2D eigenvalue weighted by molar-refractivity contribution is 5.77. The smallest absolute Gasteiger partial charge is 0.132 e. The number of ketones is 1. The molecule has 0 saturated carbocycles. The van der Waals surface area contributed by atoms with E-state index in [4.69, 9.17) is 6.42 Å². The second kappa shape index (κ2) is 8.72. The number of terminal acetylenes is 1. The molecule has 1 heteroatoms. The summed E-state index contributed by atoms with van der Waals surface area (Å²) in [5.74, 6) is 3.04. The fourth-order valence-corrected chi connectivity index (χ4v) is 1.73. The topological polar surface area (TPSA) is 17.1 Å². The number of carbonyl (C=O) groups is 1. The van der Waals surface area contributed by atoms with Crippen LogP contribution in [0.15, 0.2) is 54.6 Å². The predicted molar refractivity (Wildman–Crippen MR) is 85.4 cm³/mol. The second-order valence-electron chi connectivity index (χ2n) is 4.30. The molecule has 1 nitrogen and oxygen atoms in total. The van der Waals surface area contributed by atoms with E-state index in [-0.39, 0.29) is 0 Å². The summed E-state index contributed by atoms with van der Waals surface area (Å²) >= 11 is 0. The summed E-state index contributed by atoms with van der Waals surface area (Å²) < 4.78 is 0. The van der Waals surface area contributed by atoms with Crippen LogP contribution in [-0.4, -0.2) is 5.78 Å². The van der Waals surface area contributed by atoms with E-state index in [1.54, 1.807) is 0 Å². The molecule has 0 unspecified atom stereocenters. The van der Waals surface area contributed by atoms with E-state index >= 15 is 0 Å². The molecule has 2 aromatic carbocycles. The monoisotopic (exact) mass is 264 g/mol. The highest BCUT2D eigenvalue weighted by Crippen LogP contribution is 2.22. The minimum Gasteiger partial charge on any atom is -0.300 e. The number of carbonyl (C=O) groups excluding carboxylic acids is 1. The van der Waals surface area contributed by atoms with Crippen LogP contribution in [0.1, 0.15) is 32.3 Å². The quantitative estimate of drug-likeness (QED) is 0.734. The van der Waals surface area contributed by atoms with Gasteiger partial charge in [-0.05, 0) is 17.2 Å². The lowest BCUT2D eigenvalue weighted by atomic mass is 10.0. The Morgan fingerprint density at radius 3 is 2.00 bits per heavy atom. The summed E-state index contributed by atoms with van der Waals surface area (Å²) in [6.45, 7) is 3.76. The number of Topliss-reactive ketones (excluding diaryl/α,β-unsaturated/α-hetero) is 1. The van der Waals surface area contributed by atoms with E-state index in [0.717, 1.165) is 11.1 Å². The third-order valence-corrected chi connectivity index (χ3v) is 2.96. The molecule has 0 amide bonds. The van der Waals surface area contributed by atoms with Crippen LogP contribution < -0.4 is 0 Å². The molecule has 0 N–H and O–H groups in total. The molecule has 0 bridgehead atoms. The normalized spacial score (nSPS) is 9.05. The summed E-state index contributed by atoms with van der Waals surface area (Å²) in [5.41, 5.74) is 3.23. The third-order valence-electron chi connectivity index (χ3n) is 2.96. The predicted octanol–water partition coefficient (Wildman–Crippen LogP) is 4.71. The second-order valence-corrected chi connectivity index (χ2v) is 4.30. The lowest BCUT2D eigenvalue weighted by Crippen LogP contribution is -1.88. The van der Waals surface area contributed by atoms with Crippen molar-refractivity contribution in [3.05, 3.63) is 60.2 Å². The Balaban J connectivity index is 0.000000286. The Bertz CT molecular complexity index is 570. The van der Waals surface area contributed by atoms with Crippen molar-refractivity contribution in [2.75, 3.05) is 0 Å². The van der Waals surface area contributed by atoms with Crippen LogP contribution in [-0.2, 0) is 4.79 Å². The van der Waals surface area contributed by atoms with Gasteiger partial charge in [-0.25, -0.2) is 0 Å². The van der Waals surface area contributed by atoms with E-state index in [0.29, 0.717) is 18.6 Å². The molecule has 2 aromatic rings. The maximum atomic E-state index is 10.2. The highest BCUT2D eigenvalue weighted by Gasteiger charge is 2.00. The average molecular weight is 264 g/mol. The van der Waals surface area contributed by atoms with Crippen LogP contribution >= 0.6 is 0 Å². The molecule has 0 atom stereocenters. The van der Waals surface area contributed by atoms with Gasteiger partial charge in [0, 0.05) is 18.4 Å². The van der Waals surface area contributed by atoms with Gasteiger partial charge in [-0.1, -0.05) is 68.3 Å². The maximum Gasteiger partial charge on any atom is 0.132 e. The molecular formula is C19H20O. The zero-order valence-electron chi connectivity index (χ0n) is 12.1. The summed E-state index contributed by atoms with van der Waals surface area (Å²) in [5, 5.41) is 0. The minimum absolute atomic E-state index is 0.343. The number of hydrogen-bond acceptors (Lipinski definition) is 1. The SMILES string of the molecule is C#Cc1ccccc1-c1ccccc1.CCC(=O)CC. The average Bonchev–Trinajstić information content (AvgIpc) is 2.55. The fraction of sp³-hybridized carbons (Fsp3) is 0.211. The van der Waals surface area contributed by atoms with Crippen LogP contribution in [0.2, 0.25) is 0 Å². The van der Waals surface area contributed by atoms with Crippen molar-refractivity contribution in [1.82, 2.24) is 0 Å². The zero-order chi connectivity index (χ0) is 14.8. The van der Waals surface area contributed by atoms with Crippen LogP contribution in [0.5, 0.6) is 0 Å². The van der Waals surface area contributed by atoms with Gasteiger partial charge >= 0.3 is 0 Å². The van der Waals surface area contributed by atoms with Crippen molar-refractivity contribution in [3.63, 3.8) is 0 Å². The van der Waals surface area contributed by atoms with Gasteiger partial charge in [0.15, 0.2) is 0 Å². The lowest BCUT2D eigenvalue weighted by molar-refractivity contribution is -0.118. The van der Waals surface area contributed by atoms with Gasteiger partial charge in [0.25, 0.3) is 0 Å². The summed E-state index contributed by atoms with van der Waals surface area (Å²) in [6, 6.07) is 18.1. The van der Waals surface area contributed by atoms with Crippen molar-refractivity contribution in [2.24, 2.45) is 0 Å². The van der Waals surface area contributed by atoms with Gasteiger partial charge in [0.2, 0.25) is 0 Å². The lowest BCUT2D eigenvalue weighted by Gasteiger charge is -2.03. The van der Waals surface area contributed by atoms with E-state index in [2.05, 4.69) is 18.1 Å². The number of rotatable bonds is 3. The van der Waals surface area contributed by atoms with Gasteiger partial charge in [-0.2, -0.15) is 0 Å². The number of hydrogen-bond donors (Lipinski definition) is 0. The molecule has 0 saturated heterocycles. The van der Waals surface area contributed by atoms with Crippen molar-refractivity contribution < 1.29 is 4.79 Å². The van der Waals surface area contributed by atoms with Crippen LogP contribution in [0.4, 0.5) is 0 Å². The number of benzene rings is 2. The van der Waals surface area contributed by atoms with Crippen LogP contribution in [0.25, 0.3) is 11.1 Å². The first kappa shape index (κ1) is 15.7. The Kier molecular flexibility index (Phi) is 6.85. The van der Waals surface area contributed by atoms with Gasteiger partial charge in [-0.3, -0.25) is 4.79 Å². The minimum atomic E-state index is 0.343. The first-order valence-electron chi connectivity index (χ1n) is 6.85. The molecule has 0 heterocycles. The Morgan fingerprint density at radius 1 is 0.950 bits per heavy atom. The van der Waals surface area contributed by atoms with Crippen molar-refractivity contribution in [3.8, 4) is 23.5 Å². The van der Waals surface area contributed by atoms with Crippen molar-refractivity contribution in [1.29, 1.82) is 0 Å². The molecule has 0 aliphatic carbocycles. The molecule has 102 valence electrons. The molecular weight excluding hydrogens is 244 g/mol. The summed E-state index contributed by atoms with van der Waals surface area (Å²) in [7, 11) is 0. The summed E-state index contributed by atoms with van der Waals surface area (Å²) in [4.78, 5) is 10.2. The molecule has 20 heavy (non-hydrogen) atoms. The van der Waals surface area contributed by atoms with Crippen LogP contribution in [0, 0.1) is 12.3 Å². The largest absolute Gasteiger partial charge is 0.300 e. The van der Waals surface area contributed by atoms with Gasteiger partial charge in [0.05, 0.1) is 0 Å². The standard InChI is InChI=1S/C14H10.C5H10O/c1-2-12-8-6-7-11-14(12)13-9-4-3-5-10-13;1-3-5(6)4-2/h1,3-11H;3-4H2,1-2H3. The molecule has 0 radical (unpaired) electrons. The third kappa shape index (κ3) is 4.74. The molecule has 0 fully saturated rings. The zero-order valence-corrected chi connectivity index (χ0v) is 12.1. The van der Waals surface area contributed by atoms with Gasteiger partial charge in [-0.15, -0.1) is 6.42 Å². The van der Waals surface area contributed by atoms with Crippen molar-refractivity contribution in [2.45, 2.75) is 26.7 Å². The molecule has 2 rings (SSSR count). The van der Waals surface area contributed by atoms with E-state index in [1.807, 2.05) is 56.3 Å². The summed E-state index contributed by atoms with van der Waals surface area (Å²) in [6.07, 6.45) is 6.82. The molecule has 0 aliphatic heterocycles. The van der Waals surface area contributed by atoms with Gasteiger partial charge in [0.1, 0.15) is 5.78 Å². The van der Waals surface area contributed by atoms with Crippen molar-refractivity contribution >= 4 is 5.78 Å². The Morgan fingerprint density at radius 2 is 1.50 bits per heavy atom. The molecule has 0 aliphatic rings. The first-order chi connectivity index (χ1) is 9.72. The molecule has 0 aromatic heterocycles. The van der Waals surface area contributed by atoms with E-state index in [9.17, 15) is 4.79 Å². The van der Waals surface area contributed by atoms with Crippen LogP contribution in [0.3, 0.4) is 0 Å². The molecule has 0 spiro atoms. The van der Waals surface area contributed by atoms with Gasteiger partial charge < -0.3 is 0 Å². The fourth-order valence-electron chi connectivity index (χ4n) is 1.73.